The van der Waals surface area contributed by atoms with E-state index >= 15 is 0 Å². The summed E-state index contributed by atoms with van der Waals surface area (Å²) in [6.45, 7) is 0.760. The third kappa shape index (κ3) is 2.47. The fraction of sp³-hybridized carbons (Fsp3) is 0.562. The predicted molar refractivity (Wildman–Crippen MR) is 83.5 cm³/mol. The number of rotatable bonds is 2. The van der Waals surface area contributed by atoms with Gasteiger partial charge in [0.2, 0.25) is 0 Å². The second kappa shape index (κ2) is 5.30. The van der Waals surface area contributed by atoms with Gasteiger partial charge in [-0.05, 0) is 43.1 Å². The largest absolute Gasteiger partial charge is 0.386 e. The molecule has 1 N–H and O–H groups in total. The Morgan fingerprint density at radius 2 is 2.43 bits per heavy atom. The summed E-state index contributed by atoms with van der Waals surface area (Å²) in [5.74, 6) is 2.50. The smallest absolute Gasteiger partial charge is 0.137 e. The van der Waals surface area contributed by atoms with Crippen molar-refractivity contribution >= 4 is 17.4 Å². The Morgan fingerprint density at radius 1 is 1.48 bits per heavy atom. The van der Waals surface area contributed by atoms with E-state index < -0.39 is 6.10 Å². The second-order valence-electron chi connectivity index (χ2n) is 6.16. The summed E-state index contributed by atoms with van der Waals surface area (Å²) in [6.07, 6.45) is 6.42. The number of imidazole rings is 1. The van der Waals surface area contributed by atoms with E-state index in [9.17, 15) is 5.11 Å². The van der Waals surface area contributed by atoms with Crippen molar-refractivity contribution in [1.29, 1.82) is 0 Å². The lowest BCUT2D eigenvalue weighted by atomic mass is 9.81. The minimum absolute atomic E-state index is 0.00766. The van der Waals surface area contributed by atoms with Crippen LogP contribution in [-0.2, 0) is 4.74 Å². The first-order chi connectivity index (χ1) is 10.3. The molecule has 2 saturated heterocycles. The highest BCUT2D eigenvalue weighted by atomic mass is 32.2. The van der Waals surface area contributed by atoms with Gasteiger partial charge in [0.15, 0.2) is 0 Å². The van der Waals surface area contributed by atoms with Crippen LogP contribution in [0.2, 0.25) is 0 Å². The molecule has 0 bridgehead atoms. The highest BCUT2D eigenvalue weighted by Crippen LogP contribution is 2.43. The lowest BCUT2D eigenvalue weighted by molar-refractivity contribution is -0.102. The van der Waals surface area contributed by atoms with E-state index in [0.29, 0.717) is 0 Å². The zero-order valence-electron chi connectivity index (χ0n) is 11.9. The average Bonchev–Trinajstić information content (AvgIpc) is 3.13. The fourth-order valence-corrected chi connectivity index (χ4v) is 4.91. The summed E-state index contributed by atoms with van der Waals surface area (Å²) in [4.78, 5) is 4.57. The number of ether oxygens (including phenoxy) is 1. The van der Waals surface area contributed by atoms with Gasteiger partial charge in [-0.2, -0.15) is 11.8 Å². The molecule has 2 aliphatic heterocycles. The normalized spacial score (nSPS) is 31.0. The highest BCUT2D eigenvalue weighted by Gasteiger charge is 2.42. The number of fused-ring (bicyclic) bond motifs is 1. The van der Waals surface area contributed by atoms with Crippen molar-refractivity contribution < 1.29 is 9.84 Å². The zero-order valence-corrected chi connectivity index (χ0v) is 12.8. The molecule has 112 valence electrons. The van der Waals surface area contributed by atoms with Gasteiger partial charge in [0, 0.05) is 24.8 Å². The lowest BCUT2D eigenvalue weighted by Gasteiger charge is -2.39. The van der Waals surface area contributed by atoms with Gasteiger partial charge in [-0.15, -0.1) is 0 Å². The first-order valence-corrected chi connectivity index (χ1v) is 8.75. The van der Waals surface area contributed by atoms with Crippen molar-refractivity contribution in [2.45, 2.75) is 31.0 Å². The molecule has 0 radical (unpaired) electrons. The van der Waals surface area contributed by atoms with Gasteiger partial charge < -0.3 is 14.2 Å². The number of thioether (sulfide) groups is 1. The summed E-state index contributed by atoms with van der Waals surface area (Å²) in [5.41, 5.74) is 1.69. The Kier molecular flexibility index (Phi) is 3.44. The number of pyridine rings is 1. The van der Waals surface area contributed by atoms with Crippen molar-refractivity contribution in [3.8, 4) is 0 Å². The maximum atomic E-state index is 10.8. The number of aliphatic hydroxyl groups is 1. The molecule has 3 atom stereocenters. The molecule has 2 aliphatic rings. The minimum atomic E-state index is -0.490. The van der Waals surface area contributed by atoms with Gasteiger partial charge in [-0.3, -0.25) is 0 Å². The highest BCUT2D eigenvalue weighted by molar-refractivity contribution is 7.99. The van der Waals surface area contributed by atoms with Crippen molar-refractivity contribution in [1.82, 2.24) is 9.38 Å². The summed E-state index contributed by atoms with van der Waals surface area (Å²) >= 11 is 1.97. The van der Waals surface area contributed by atoms with Gasteiger partial charge in [0.05, 0.1) is 11.3 Å². The number of aromatic nitrogens is 2. The van der Waals surface area contributed by atoms with Crippen LogP contribution in [0, 0.1) is 5.92 Å². The van der Waals surface area contributed by atoms with E-state index in [4.69, 9.17) is 4.74 Å². The number of nitrogens with zero attached hydrogens (tertiary/aromatic N) is 2. The Labute approximate surface area is 128 Å². The standard InChI is InChI=1S/C16H20N2O2S/c19-15(13-10-18-6-2-1-3-14(18)17-13)12-4-7-20-16(9-12)5-8-21-11-16/h1-3,6,10,12,15,19H,4-5,7-9,11H2. The van der Waals surface area contributed by atoms with Crippen molar-refractivity contribution in [3.05, 3.63) is 36.3 Å². The van der Waals surface area contributed by atoms with E-state index in [2.05, 4.69) is 4.98 Å². The molecule has 1 spiro atoms. The summed E-state index contributed by atoms with van der Waals surface area (Å²) in [7, 11) is 0. The molecule has 0 saturated carbocycles. The van der Waals surface area contributed by atoms with Gasteiger partial charge >= 0.3 is 0 Å². The third-order valence-electron chi connectivity index (χ3n) is 4.73. The van der Waals surface area contributed by atoms with Crippen LogP contribution in [0.5, 0.6) is 0 Å². The van der Waals surface area contributed by atoms with Crippen LogP contribution in [0.3, 0.4) is 0 Å². The number of hydrogen-bond acceptors (Lipinski definition) is 4. The lowest BCUT2D eigenvalue weighted by Crippen LogP contribution is -2.41. The summed E-state index contributed by atoms with van der Waals surface area (Å²) < 4.78 is 8.02. The molecule has 2 aromatic rings. The molecule has 0 aromatic carbocycles. The Balaban J connectivity index is 1.57. The van der Waals surface area contributed by atoms with E-state index in [1.165, 1.54) is 5.75 Å². The SMILES string of the molecule is OC(c1cn2ccccc2n1)C1CCOC2(CCSC2)C1. The number of aliphatic hydroxyl groups excluding tert-OH is 1. The topological polar surface area (TPSA) is 46.8 Å². The van der Waals surface area contributed by atoms with Crippen LogP contribution in [0.1, 0.15) is 31.1 Å². The van der Waals surface area contributed by atoms with Crippen LogP contribution < -0.4 is 0 Å². The fourth-order valence-electron chi connectivity index (χ4n) is 3.54. The molecule has 0 aliphatic carbocycles. The Bertz CT molecular complexity index is 603. The van der Waals surface area contributed by atoms with Crippen molar-refractivity contribution in [2.75, 3.05) is 18.1 Å². The average molecular weight is 304 g/mol. The third-order valence-corrected chi connectivity index (χ3v) is 5.95. The van der Waals surface area contributed by atoms with E-state index in [1.807, 2.05) is 46.8 Å². The zero-order chi connectivity index (χ0) is 14.3. The molecule has 3 unspecified atom stereocenters. The molecule has 5 heteroatoms. The molecule has 4 rings (SSSR count). The van der Waals surface area contributed by atoms with E-state index in [-0.39, 0.29) is 11.5 Å². The summed E-state index contributed by atoms with van der Waals surface area (Å²) in [5, 5.41) is 10.8. The first-order valence-electron chi connectivity index (χ1n) is 7.59. The van der Waals surface area contributed by atoms with Gasteiger partial charge in [-0.25, -0.2) is 4.98 Å². The molecule has 2 fully saturated rings. The Hall–Kier alpha value is -1.04. The molecule has 0 amide bonds. The van der Waals surface area contributed by atoms with Gasteiger partial charge in [-0.1, -0.05) is 6.07 Å². The Morgan fingerprint density at radius 3 is 3.24 bits per heavy atom. The molecule has 21 heavy (non-hydrogen) atoms. The monoisotopic (exact) mass is 304 g/mol. The molecular formula is C16H20N2O2S. The molecular weight excluding hydrogens is 284 g/mol. The van der Waals surface area contributed by atoms with Crippen LogP contribution >= 0.6 is 11.8 Å². The van der Waals surface area contributed by atoms with Crippen molar-refractivity contribution in [3.63, 3.8) is 0 Å². The molecule has 4 nitrogen and oxygen atoms in total. The van der Waals surface area contributed by atoms with E-state index in [1.54, 1.807) is 0 Å². The van der Waals surface area contributed by atoms with Crippen LogP contribution in [0.25, 0.3) is 5.65 Å². The minimum Gasteiger partial charge on any atom is -0.386 e. The maximum absolute atomic E-state index is 10.8. The second-order valence-corrected chi connectivity index (χ2v) is 7.27. The van der Waals surface area contributed by atoms with Gasteiger partial charge in [0.25, 0.3) is 0 Å². The van der Waals surface area contributed by atoms with Crippen LogP contribution in [0.15, 0.2) is 30.6 Å². The van der Waals surface area contributed by atoms with Crippen LogP contribution in [-0.4, -0.2) is 38.2 Å². The van der Waals surface area contributed by atoms with Crippen molar-refractivity contribution in [2.24, 2.45) is 5.92 Å². The maximum Gasteiger partial charge on any atom is 0.137 e. The summed E-state index contributed by atoms with van der Waals surface area (Å²) in [6, 6.07) is 5.91. The number of hydrogen-bond donors (Lipinski definition) is 1. The van der Waals surface area contributed by atoms with Crippen LogP contribution in [0.4, 0.5) is 0 Å². The first kappa shape index (κ1) is 13.6. The predicted octanol–water partition coefficient (Wildman–Crippen LogP) is 2.67. The molecule has 2 aromatic heterocycles. The molecule has 4 heterocycles. The van der Waals surface area contributed by atoms with Gasteiger partial charge in [0.1, 0.15) is 11.8 Å². The quantitative estimate of drug-likeness (QED) is 0.926. The van der Waals surface area contributed by atoms with E-state index in [0.717, 1.165) is 43.0 Å².